The molecular weight excluding hydrogens is 266 g/mol. The van der Waals surface area contributed by atoms with Crippen molar-refractivity contribution in [2.45, 2.75) is 44.9 Å². The van der Waals surface area contributed by atoms with Crippen molar-refractivity contribution in [3.8, 4) is 5.75 Å². The molecule has 0 aromatic heterocycles. The van der Waals surface area contributed by atoms with Crippen molar-refractivity contribution >= 4 is 0 Å². The molecule has 0 aliphatic heterocycles. The summed E-state index contributed by atoms with van der Waals surface area (Å²) >= 11 is 0. The first kappa shape index (κ1) is 16.3. The van der Waals surface area contributed by atoms with Crippen molar-refractivity contribution in [3.05, 3.63) is 29.3 Å². The smallest absolute Gasteiger partial charge is 0.119 e. The average molecular weight is 293 g/mol. The lowest BCUT2D eigenvalue weighted by Gasteiger charge is -2.35. The first-order valence-electron chi connectivity index (χ1n) is 7.74. The molecule has 4 heteroatoms. The molecule has 3 atom stereocenters. The number of aryl methyl sites for hydroxylation is 1. The Kier molecular flexibility index (Phi) is 6.03. The summed E-state index contributed by atoms with van der Waals surface area (Å²) in [4.78, 5) is 0. The van der Waals surface area contributed by atoms with Crippen molar-refractivity contribution in [2.24, 2.45) is 0 Å². The third kappa shape index (κ3) is 3.96. The molecule has 0 bridgehead atoms. The van der Waals surface area contributed by atoms with Gasteiger partial charge in [0, 0.05) is 7.11 Å². The van der Waals surface area contributed by atoms with E-state index >= 15 is 0 Å². The Morgan fingerprint density at radius 1 is 1.33 bits per heavy atom. The Hall–Kier alpha value is -1.10. The Labute approximate surface area is 127 Å². The first-order chi connectivity index (χ1) is 10.2. The summed E-state index contributed by atoms with van der Waals surface area (Å²) in [6.45, 7) is 5.73. The standard InChI is InChI=1S/C17H27NO3/c1-5-18-17-15-10-14(20-4)8-6-13(15)7-9-16(17)21-12(2)11-19-3/h6,8,10,12,16-18H,5,7,9,11H2,1-4H3. The fourth-order valence-corrected chi connectivity index (χ4v) is 3.06. The van der Waals surface area contributed by atoms with Crippen LogP contribution in [0.4, 0.5) is 0 Å². The molecule has 1 aliphatic rings. The molecular formula is C17H27NO3. The molecule has 0 saturated carbocycles. The summed E-state index contributed by atoms with van der Waals surface area (Å²) in [6, 6.07) is 6.57. The summed E-state index contributed by atoms with van der Waals surface area (Å²) in [5.41, 5.74) is 2.69. The molecule has 0 heterocycles. The number of hydrogen-bond donors (Lipinski definition) is 1. The van der Waals surface area contributed by atoms with E-state index in [0.29, 0.717) is 6.61 Å². The van der Waals surface area contributed by atoms with Crippen LogP contribution >= 0.6 is 0 Å². The fraction of sp³-hybridized carbons (Fsp3) is 0.647. The second-order valence-electron chi connectivity index (χ2n) is 5.58. The van der Waals surface area contributed by atoms with Crippen LogP contribution in [0.2, 0.25) is 0 Å². The summed E-state index contributed by atoms with van der Waals surface area (Å²) < 4.78 is 16.8. The average Bonchev–Trinajstić information content (AvgIpc) is 2.49. The molecule has 1 N–H and O–H groups in total. The van der Waals surface area contributed by atoms with Gasteiger partial charge in [0.05, 0.1) is 32.0 Å². The highest BCUT2D eigenvalue weighted by atomic mass is 16.5. The Balaban J connectivity index is 2.20. The molecule has 1 aromatic rings. The monoisotopic (exact) mass is 293 g/mol. The molecule has 4 nitrogen and oxygen atoms in total. The molecule has 3 unspecified atom stereocenters. The van der Waals surface area contributed by atoms with Gasteiger partial charge in [-0.25, -0.2) is 0 Å². The van der Waals surface area contributed by atoms with Crippen LogP contribution < -0.4 is 10.1 Å². The zero-order valence-electron chi connectivity index (χ0n) is 13.5. The van der Waals surface area contributed by atoms with Gasteiger partial charge in [-0.1, -0.05) is 13.0 Å². The molecule has 0 fully saturated rings. The minimum absolute atomic E-state index is 0.105. The lowest BCUT2D eigenvalue weighted by molar-refractivity contribution is -0.0596. The van der Waals surface area contributed by atoms with E-state index in [2.05, 4.69) is 31.3 Å². The minimum Gasteiger partial charge on any atom is -0.497 e. The number of likely N-dealkylation sites (N-methyl/N-ethyl adjacent to an activating group) is 1. The third-order valence-electron chi connectivity index (χ3n) is 3.99. The normalized spacial score (nSPS) is 22.7. The van der Waals surface area contributed by atoms with E-state index in [-0.39, 0.29) is 18.2 Å². The van der Waals surface area contributed by atoms with Crippen LogP contribution in [0.25, 0.3) is 0 Å². The highest BCUT2D eigenvalue weighted by Crippen LogP contribution is 2.34. The second-order valence-corrected chi connectivity index (χ2v) is 5.58. The van der Waals surface area contributed by atoms with Crippen LogP contribution in [0.3, 0.4) is 0 Å². The van der Waals surface area contributed by atoms with Gasteiger partial charge in [0.1, 0.15) is 5.75 Å². The number of nitrogens with one attached hydrogen (secondary N) is 1. The molecule has 0 amide bonds. The van der Waals surface area contributed by atoms with Gasteiger partial charge in [0.15, 0.2) is 0 Å². The van der Waals surface area contributed by atoms with E-state index in [1.807, 2.05) is 6.07 Å². The van der Waals surface area contributed by atoms with E-state index in [4.69, 9.17) is 14.2 Å². The molecule has 118 valence electrons. The molecule has 2 rings (SSSR count). The van der Waals surface area contributed by atoms with Gasteiger partial charge < -0.3 is 19.5 Å². The predicted octanol–water partition coefficient (Wildman–Crippen LogP) is 2.71. The number of benzene rings is 1. The van der Waals surface area contributed by atoms with E-state index in [1.165, 1.54) is 11.1 Å². The van der Waals surface area contributed by atoms with Crippen LogP contribution in [-0.4, -0.2) is 39.6 Å². The van der Waals surface area contributed by atoms with Crippen molar-refractivity contribution in [2.75, 3.05) is 27.4 Å². The van der Waals surface area contributed by atoms with Gasteiger partial charge in [-0.15, -0.1) is 0 Å². The lowest BCUT2D eigenvalue weighted by Crippen LogP contribution is -2.40. The largest absolute Gasteiger partial charge is 0.497 e. The van der Waals surface area contributed by atoms with Crippen LogP contribution in [0, 0.1) is 0 Å². The third-order valence-corrected chi connectivity index (χ3v) is 3.99. The topological polar surface area (TPSA) is 39.7 Å². The first-order valence-corrected chi connectivity index (χ1v) is 7.74. The zero-order valence-corrected chi connectivity index (χ0v) is 13.5. The summed E-state index contributed by atoms with van der Waals surface area (Å²) in [7, 11) is 3.42. The Morgan fingerprint density at radius 2 is 2.14 bits per heavy atom. The maximum atomic E-state index is 6.20. The van der Waals surface area contributed by atoms with E-state index in [1.54, 1.807) is 14.2 Å². The maximum Gasteiger partial charge on any atom is 0.119 e. The van der Waals surface area contributed by atoms with Crippen LogP contribution in [0.15, 0.2) is 18.2 Å². The number of hydrogen-bond acceptors (Lipinski definition) is 4. The molecule has 0 spiro atoms. The lowest BCUT2D eigenvalue weighted by atomic mass is 9.85. The Morgan fingerprint density at radius 3 is 2.81 bits per heavy atom. The van der Waals surface area contributed by atoms with Crippen molar-refractivity contribution < 1.29 is 14.2 Å². The molecule has 0 saturated heterocycles. The van der Waals surface area contributed by atoms with Gasteiger partial charge in [0.25, 0.3) is 0 Å². The van der Waals surface area contributed by atoms with Gasteiger partial charge in [0.2, 0.25) is 0 Å². The van der Waals surface area contributed by atoms with Gasteiger partial charge in [-0.2, -0.15) is 0 Å². The van der Waals surface area contributed by atoms with Crippen molar-refractivity contribution in [3.63, 3.8) is 0 Å². The molecule has 0 radical (unpaired) electrons. The predicted molar refractivity (Wildman–Crippen MR) is 83.9 cm³/mol. The number of rotatable bonds is 7. The van der Waals surface area contributed by atoms with E-state index < -0.39 is 0 Å². The number of methoxy groups -OCH3 is 2. The Bertz CT molecular complexity index is 450. The van der Waals surface area contributed by atoms with Gasteiger partial charge in [-0.05, 0) is 49.6 Å². The van der Waals surface area contributed by atoms with E-state index in [0.717, 1.165) is 25.1 Å². The summed E-state index contributed by atoms with van der Waals surface area (Å²) in [6.07, 6.45) is 2.36. The molecule has 1 aromatic carbocycles. The van der Waals surface area contributed by atoms with Crippen molar-refractivity contribution in [1.82, 2.24) is 5.32 Å². The minimum atomic E-state index is 0.105. The van der Waals surface area contributed by atoms with Gasteiger partial charge >= 0.3 is 0 Å². The zero-order chi connectivity index (χ0) is 15.2. The SMILES string of the molecule is CCNC1c2cc(OC)ccc2CCC1OC(C)COC. The maximum absolute atomic E-state index is 6.20. The summed E-state index contributed by atoms with van der Waals surface area (Å²) in [5.74, 6) is 0.905. The van der Waals surface area contributed by atoms with Crippen LogP contribution in [0.1, 0.15) is 37.4 Å². The van der Waals surface area contributed by atoms with Crippen molar-refractivity contribution in [1.29, 1.82) is 0 Å². The molecule has 21 heavy (non-hydrogen) atoms. The molecule has 1 aliphatic carbocycles. The quantitative estimate of drug-likeness (QED) is 0.839. The number of fused-ring (bicyclic) bond motifs is 1. The van der Waals surface area contributed by atoms with Crippen LogP contribution in [0.5, 0.6) is 5.75 Å². The van der Waals surface area contributed by atoms with Crippen LogP contribution in [-0.2, 0) is 15.9 Å². The highest BCUT2D eigenvalue weighted by Gasteiger charge is 2.31. The van der Waals surface area contributed by atoms with E-state index in [9.17, 15) is 0 Å². The fourth-order valence-electron chi connectivity index (χ4n) is 3.06. The second kappa shape index (κ2) is 7.78. The van der Waals surface area contributed by atoms with Gasteiger partial charge in [-0.3, -0.25) is 0 Å². The highest BCUT2D eigenvalue weighted by molar-refractivity contribution is 5.40. The summed E-state index contributed by atoms with van der Waals surface area (Å²) in [5, 5.41) is 3.57. The number of ether oxygens (including phenoxy) is 3.